The Morgan fingerprint density at radius 2 is 1.65 bits per heavy atom. The van der Waals surface area contributed by atoms with Crippen molar-refractivity contribution < 1.29 is 22.8 Å². The lowest BCUT2D eigenvalue weighted by Crippen LogP contribution is -2.49. The van der Waals surface area contributed by atoms with Gasteiger partial charge in [-0.3, -0.25) is 14.4 Å². The third-order valence-corrected chi connectivity index (χ3v) is 8.06. The van der Waals surface area contributed by atoms with Crippen molar-refractivity contribution in [2.45, 2.75) is 70.4 Å². The minimum atomic E-state index is -4.10. The van der Waals surface area contributed by atoms with Crippen molar-refractivity contribution in [1.82, 2.24) is 4.31 Å². The molecule has 1 saturated heterocycles. The summed E-state index contributed by atoms with van der Waals surface area (Å²) < 4.78 is 28.4. The summed E-state index contributed by atoms with van der Waals surface area (Å²) >= 11 is 0. The average Bonchev–Trinajstić information content (AvgIpc) is 3.06. The highest BCUT2D eigenvalue weighted by molar-refractivity contribution is 7.89. The Morgan fingerprint density at radius 1 is 1.06 bits per heavy atom. The van der Waals surface area contributed by atoms with Crippen LogP contribution < -0.4 is 10.2 Å². The van der Waals surface area contributed by atoms with Crippen molar-refractivity contribution in [2.24, 2.45) is 0 Å². The van der Waals surface area contributed by atoms with Crippen molar-refractivity contribution in [3.8, 4) is 0 Å². The van der Waals surface area contributed by atoms with Crippen LogP contribution in [0, 0.1) is 0 Å². The summed E-state index contributed by atoms with van der Waals surface area (Å²) in [6.07, 6.45) is 0.239. The predicted molar refractivity (Wildman–Crippen MR) is 131 cm³/mol. The van der Waals surface area contributed by atoms with Crippen molar-refractivity contribution in [2.75, 3.05) is 10.2 Å². The first-order chi connectivity index (χ1) is 16.0. The summed E-state index contributed by atoms with van der Waals surface area (Å²) in [5.41, 5.74) is 1.97. The summed E-state index contributed by atoms with van der Waals surface area (Å²) in [7, 11) is -4.10. The first-order valence-electron chi connectivity index (χ1n) is 11.3. The van der Waals surface area contributed by atoms with Gasteiger partial charge in [0.2, 0.25) is 21.8 Å². The van der Waals surface area contributed by atoms with Crippen LogP contribution in [0.4, 0.5) is 11.4 Å². The molecule has 2 aromatic carbocycles. The summed E-state index contributed by atoms with van der Waals surface area (Å²) in [6, 6.07) is 11.3. The number of nitrogens with zero attached hydrogens (tertiary/aromatic N) is 2. The Morgan fingerprint density at radius 3 is 2.15 bits per heavy atom. The summed E-state index contributed by atoms with van der Waals surface area (Å²) in [5, 5.41) is 2.60. The number of anilines is 2. The number of rotatable bonds is 8. The molecule has 182 valence electrons. The molecule has 3 amide bonds. The molecule has 0 saturated carbocycles. The Balaban J connectivity index is 1.95. The predicted octanol–water partition coefficient (Wildman–Crippen LogP) is 3.89. The van der Waals surface area contributed by atoms with Gasteiger partial charge in [-0.25, -0.2) is 13.3 Å². The van der Waals surface area contributed by atoms with Crippen LogP contribution in [0.2, 0.25) is 0 Å². The molecule has 0 bridgehead atoms. The minimum absolute atomic E-state index is 0.0121. The maximum Gasteiger partial charge on any atom is 0.252 e. The molecule has 1 N–H and O–H groups in total. The number of imide groups is 1. The van der Waals surface area contributed by atoms with Gasteiger partial charge in [-0.05, 0) is 61.2 Å². The van der Waals surface area contributed by atoms with Crippen LogP contribution in [0.15, 0.2) is 53.4 Å². The monoisotopic (exact) mass is 485 g/mol. The average molecular weight is 486 g/mol. The number of hydrogen-bond donors (Lipinski definition) is 1. The Bertz CT molecular complexity index is 1170. The number of benzene rings is 2. The van der Waals surface area contributed by atoms with Gasteiger partial charge in [-0.15, -0.1) is 0 Å². The second-order valence-corrected chi connectivity index (χ2v) is 10.7. The topological polar surface area (TPSA) is 104 Å². The second kappa shape index (κ2) is 10.1. The van der Waals surface area contributed by atoms with Crippen molar-refractivity contribution in [1.29, 1.82) is 0 Å². The van der Waals surface area contributed by atoms with Gasteiger partial charge >= 0.3 is 0 Å². The highest BCUT2D eigenvalue weighted by Crippen LogP contribution is 2.32. The van der Waals surface area contributed by atoms with Gasteiger partial charge < -0.3 is 5.32 Å². The van der Waals surface area contributed by atoms with Gasteiger partial charge in [0.05, 0.1) is 17.0 Å². The Labute approximate surface area is 201 Å². The van der Waals surface area contributed by atoms with Gasteiger partial charge in [0.25, 0.3) is 5.91 Å². The van der Waals surface area contributed by atoms with Gasteiger partial charge in [0, 0.05) is 18.7 Å². The SMILES string of the molecule is CCC(C)N(C1CC(=O)N(c2ccc(C(C)C)cc2)C1=O)S(=O)(=O)c1ccc(NC(C)=O)cc1. The fraction of sp³-hybridized carbons (Fsp3) is 0.400. The number of nitrogens with one attached hydrogen (secondary N) is 1. The van der Waals surface area contributed by atoms with Crippen LogP contribution in [0.1, 0.15) is 58.9 Å². The highest BCUT2D eigenvalue weighted by atomic mass is 32.2. The fourth-order valence-corrected chi connectivity index (χ4v) is 5.87. The molecular formula is C25H31N3O5S. The van der Waals surface area contributed by atoms with Crippen molar-refractivity contribution in [3.63, 3.8) is 0 Å². The van der Waals surface area contributed by atoms with Gasteiger partial charge in [-0.2, -0.15) is 4.31 Å². The first-order valence-corrected chi connectivity index (χ1v) is 12.8. The molecule has 8 nitrogen and oxygen atoms in total. The van der Waals surface area contributed by atoms with Crippen LogP contribution in [0.3, 0.4) is 0 Å². The van der Waals surface area contributed by atoms with E-state index in [1.54, 1.807) is 19.1 Å². The van der Waals surface area contributed by atoms with Crippen LogP contribution >= 0.6 is 0 Å². The van der Waals surface area contributed by atoms with Gasteiger partial charge in [0.1, 0.15) is 6.04 Å². The third-order valence-electron chi connectivity index (χ3n) is 6.02. The largest absolute Gasteiger partial charge is 0.326 e. The molecular weight excluding hydrogens is 454 g/mol. The van der Waals surface area contributed by atoms with E-state index in [2.05, 4.69) is 19.2 Å². The smallest absolute Gasteiger partial charge is 0.252 e. The summed E-state index contributed by atoms with van der Waals surface area (Å²) in [6.45, 7) is 9.02. The summed E-state index contributed by atoms with van der Waals surface area (Å²) in [5.74, 6) is -0.957. The molecule has 2 unspecified atom stereocenters. The normalized spacial score (nSPS) is 17.5. The molecule has 34 heavy (non-hydrogen) atoms. The molecule has 0 aliphatic carbocycles. The molecule has 3 rings (SSSR count). The molecule has 0 radical (unpaired) electrons. The van der Waals surface area contributed by atoms with Crippen molar-refractivity contribution >= 4 is 39.1 Å². The molecule has 1 aliphatic rings. The van der Waals surface area contributed by atoms with E-state index in [-0.39, 0.29) is 17.2 Å². The number of hydrogen-bond acceptors (Lipinski definition) is 5. The zero-order chi connectivity index (χ0) is 25.2. The van der Waals surface area contributed by atoms with Crippen LogP contribution in [0.5, 0.6) is 0 Å². The standard InChI is InChI=1S/C25H31N3O5S/c1-6-17(4)28(34(32,33)22-13-9-20(10-14-22)26-18(5)29)23-15-24(30)27(25(23)31)21-11-7-19(8-12-21)16(2)3/h7-14,16-17,23H,6,15H2,1-5H3,(H,26,29). The van der Waals surface area contributed by atoms with E-state index in [1.807, 2.05) is 19.1 Å². The zero-order valence-corrected chi connectivity index (χ0v) is 20.9. The van der Waals surface area contributed by atoms with E-state index in [1.165, 1.54) is 31.2 Å². The molecule has 1 heterocycles. The number of amides is 3. The third kappa shape index (κ3) is 5.05. The van der Waals surface area contributed by atoms with Crippen LogP contribution in [0.25, 0.3) is 0 Å². The van der Waals surface area contributed by atoms with Gasteiger partial charge in [-0.1, -0.05) is 32.9 Å². The lowest BCUT2D eigenvalue weighted by atomic mass is 10.0. The van der Waals surface area contributed by atoms with E-state index in [4.69, 9.17) is 0 Å². The lowest BCUT2D eigenvalue weighted by Gasteiger charge is -2.31. The maximum atomic E-state index is 13.6. The molecule has 0 aromatic heterocycles. The van der Waals surface area contributed by atoms with E-state index >= 15 is 0 Å². The van der Waals surface area contributed by atoms with E-state index in [9.17, 15) is 22.8 Å². The molecule has 0 spiro atoms. The van der Waals surface area contributed by atoms with E-state index < -0.39 is 33.9 Å². The lowest BCUT2D eigenvalue weighted by molar-refractivity contribution is -0.122. The van der Waals surface area contributed by atoms with E-state index in [0.29, 0.717) is 23.7 Å². The second-order valence-electron chi connectivity index (χ2n) is 8.83. The van der Waals surface area contributed by atoms with Gasteiger partial charge in [0.15, 0.2) is 0 Å². The Hall–Kier alpha value is -3.04. The molecule has 9 heteroatoms. The van der Waals surface area contributed by atoms with Crippen LogP contribution in [-0.2, 0) is 24.4 Å². The Kier molecular flexibility index (Phi) is 7.57. The zero-order valence-electron chi connectivity index (χ0n) is 20.1. The maximum absolute atomic E-state index is 13.6. The molecule has 2 atom stereocenters. The quantitative estimate of drug-likeness (QED) is 0.572. The van der Waals surface area contributed by atoms with Crippen LogP contribution in [-0.4, -0.2) is 42.5 Å². The van der Waals surface area contributed by atoms with E-state index in [0.717, 1.165) is 14.8 Å². The number of sulfonamides is 1. The number of carbonyl (C=O) groups excluding carboxylic acids is 3. The molecule has 1 fully saturated rings. The van der Waals surface area contributed by atoms with Crippen molar-refractivity contribution in [3.05, 3.63) is 54.1 Å². The molecule has 1 aliphatic heterocycles. The first kappa shape index (κ1) is 25.6. The summed E-state index contributed by atoms with van der Waals surface area (Å²) in [4.78, 5) is 38.6. The minimum Gasteiger partial charge on any atom is -0.326 e. The fourth-order valence-electron chi connectivity index (χ4n) is 4.02. The highest BCUT2D eigenvalue weighted by Gasteiger charge is 2.48. The number of carbonyl (C=O) groups is 3. The molecule has 2 aromatic rings.